The van der Waals surface area contributed by atoms with Crippen molar-refractivity contribution in [2.75, 3.05) is 32.8 Å². The van der Waals surface area contributed by atoms with E-state index in [4.69, 9.17) is 4.74 Å². The van der Waals surface area contributed by atoms with Gasteiger partial charge >= 0.3 is 0 Å². The van der Waals surface area contributed by atoms with Gasteiger partial charge in [0.15, 0.2) is 0 Å². The summed E-state index contributed by atoms with van der Waals surface area (Å²) in [6.07, 6.45) is 0.926. The van der Waals surface area contributed by atoms with Crippen LogP contribution in [-0.2, 0) is 4.79 Å². The highest BCUT2D eigenvalue weighted by Crippen LogP contribution is 2.48. The van der Waals surface area contributed by atoms with Gasteiger partial charge in [0.25, 0.3) is 5.91 Å². The number of ether oxygens (including phenoxy) is 1. The molecule has 32 heavy (non-hydrogen) atoms. The zero-order valence-corrected chi connectivity index (χ0v) is 18.4. The molecule has 3 aromatic carbocycles. The largest absolute Gasteiger partial charge is 0.493 e. The van der Waals surface area contributed by atoms with E-state index in [1.165, 1.54) is 5.56 Å². The second-order valence-corrected chi connectivity index (χ2v) is 8.57. The standard InChI is InChI=1S/C27H28N2O3/c1-2-32-24-13-12-20-10-6-7-11-21(20)25(24)27(31)29-16-14-28(15-17-29)26(30)23-18-22(23)19-8-4-3-5-9-19/h3-13,22-23H,2,14-18H2,1H3. The monoisotopic (exact) mass is 428 g/mol. The fraction of sp³-hybridized carbons (Fsp3) is 0.333. The van der Waals surface area contributed by atoms with E-state index in [1.54, 1.807) is 0 Å². The van der Waals surface area contributed by atoms with Gasteiger partial charge in [0.05, 0.1) is 12.2 Å². The lowest BCUT2D eigenvalue weighted by molar-refractivity contribution is -0.134. The van der Waals surface area contributed by atoms with Gasteiger partial charge in [0.1, 0.15) is 5.75 Å². The molecule has 5 heteroatoms. The fourth-order valence-corrected chi connectivity index (χ4v) is 4.81. The number of nitrogens with zero attached hydrogens (tertiary/aromatic N) is 2. The molecular weight excluding hydrogens is 400 g/mol. The van der Waals surface area contributed by atoms with Crippen LogP contribution in [0, 0.1) is 5.92 Å². The highest BCUT2D eigenvalue weighted by atomic mass is 16.5. The molecule has 164 valence electrons. The zero-order valence-electron chi connectivity index (χ0n) is 18.4. The second-order valence-electron chi connectivity index (χ2n) is 8.57. The van der Waals surface area contributed by atoms with Gasteiger partial charge in [-0.1, -0.05) is 60.7 Å². The first kappa shape index (κ1) is 20.6. The number of hydrogen-bond donors (Lipinski definition) is 0. The molecule has 5 nitrogen and oxygen atoms in total. The SMILES string of the molecule is CCOc1ccc2ccccc2c1C(=O)N1CCN(C(=O)C2CC2c2ccccc2)CC1. The third-order valence-corrected chi connectivity index (χ3v) is 6.62. The molecule has 2 unspecified atom stereocenters. The number of carbonyl (C=O) groups is 2. The first-order chi connectivity index (χ1) is 15.7. The molecule has 0 N–H and O–H groups in total. The highest BCUT2D eigenvalue weighted by molar-refractivity contribution is 6.09. The number of hydrogen-bond acceptors (Lipinski definition) is 3. The number of amides is 2. The Morgan fingerprint density at radius 2 is 1.56 bits per heavy atom. The molecule has 1 heterocycles. The summed E-state index contributed by atoms with van der Waals surface area (Å²) in [5.41, 5.74) is 1.87. The average molecular weight is 429 g/mol. The van der Waals surface area contributed by atoms with Crippen LogP contribution >= 0.6 is 0 Å². The van der Waals surface area contributed by atoms with Crippen molar-refractivity contribution in [1.82, 2.24) is 9.80 Å². The van der Waals surface area contributed by atoms with Crippen LogP contribution in [0.5, 0.6) is 5.75 Å². The van der Waals surface area contributed by atoms with Gasteiger partial charge in [-0.05, 0) is 41.7 Å². The normalized spacial score (nSPS) is 20.3. The summed E-state index contributed by atoms with van der Waals surface area (Å²) in [6.45, 7) is 4.68. The van der Waals surface area contributed by atoms with Crippen LogP contribution in [0.2, 0.25) is 0 Å². The minimum Gasteiger partial charge on any atom is -0.493 e. The Morgan fingerprint density at radius 1 is 0.875 bits per heavy atom. The summed E-state index contributed by atoms with van der Waals surface area (Å²) in [7, 11) is 0. The van der Waals surface area contributed by atoms with Gasteiger partial charge in [0, 0.05) is 32.1 Å². The first-order valence-corrected chi connectivity index (χ1v) is 11.4. The summed E-state index contributed by atoms with van der Waals surface area (Å²) in [6, 6.07) is 22.1. The zero-order chi connectivity index (χ0) is 22.1. The first-order valence-electron chi connectivity index (χ1n) is 11.4. The molecule has 2 atom stereocenters. The van der Waals surface area contributed by atoms with Gasteiger partial charge in [0.2, 0.25) is 5.91 Å². The topological polar surface area (TPSA) is 49.9 Å². The van der Waals surface area contributed by atoms with Crippen molar-refractivity contribution < 1.29 is 14.3 Å². The average Bonchev–Trinajstić information content (AvgIpc) is 3.65. The van der Waals surface area contributed by atoms with Crippen LogP contribution in [0.4, 0.5) is 0 Å². The predicted octanol–water partition coefficient (Wildman–Crippen LogP) is 4.33. The Balaban J connectivity index is 1.27. The smallest absolute Gasteiger partial charge is 0.258 e. The summed E-state index contributed by atoms with van der Waals surface area (Å²) in [4.78, 5) is 30.3. The van der Waals surface area contributed by atoms with Gasteiger partial charge in [-0.25, -0.2) is 0 Å². The molecule has 1 aliphatic carbocycles. The molecule has 0 spiro atoms. The van der Waals surface area contributed by atoms with E-state index in [2.05, 4.69) is 12.1 Å². The second kappa shape index (κ2) is 8.65. The number of carbonyl (C=O) groups excluding carboxylic acids is 2. The van der Waals surface area contributed by atoms with Gasteiger partial charge in [-0.15, -0.1) is 0 Å². The molecule has 2 aliphatic rings. The fourth-order valence-electron chi connectivity index (χ4n) is 4.81. The maximum atomic E-state index is 13.5. The van der Waals surface area contributed by atoms with Crippen LogP contribution in [-0.4, -0.2) is 54.4 Å². The molecule has 0 bridgehead atoms. The molecule has 1 saturated heterocycles. The maximum Gasteiger partial charge on any atom is 0.258 e. The summed E-state index contributed by atoms with van der Waals surface area (Å²) < 4.78 is 5.80. The number of benzene rings is 3. The molecule has 5 rings (SSSR count). The van der Waals surface area contributed by atoms with E-state index in [0.717, 1.165) is 17.2 Å². The van der Waals surface area contributed by atoms with Crippen molar-refractivity contribution in [2.45, 2.75) is 19.3 Å². The summed E-state index contributed by atoms with van der Waals surface area (Å²) >= 11 is 0. The third kappa shape index (κ3) is 3.83. The van der Waals surface area contributed by atoms with Crippen molar-refractivity contribution in [3.8, 4) is 5.75 Å². The molecular formula is C27H28N2O3. The van der Waals surface area contributed by atoms with Crippen LogP contribution < -0.4 is 4.74 Å². The van der Waals surface area contributed by atoms with E-state index in [0.29, 0.717) is 50.0 Å². The molecule has 0 aromatic heterocycles. The Bertz CT molecular complexity index is 1140. The molecule has 2 fully saturated rings. The lowest BCUT2D eigenvalue weighted by Gasteiger charge is -2.35. The maximum absolute atomic E-state index is 13.5. The lowest BCUT2D eigenvalue weighted by Crippen LogP contribution is -2.51. The molecule has 3 aromatic rings. The summed E-state index contributed by atoms with van der Waals surface area (Å²) in [5, 5.41) is 1.93. The minimum atomic E-state index is -0.0223. The van der Waals surface area contributed by atoms with Crippen molar-refractivity contribution in [3.05, 3.63) is 77.9 Å². The van der Waals surface area contributed by atoms with Crippen molar-refractivity contribution in [2.24, 2.45) is 5.92 Å². The highest BCUT2D eigenvalue weighted by Gasteiger charge is 2.46. The van der Waals surface area contributed by atoms with Gasteiger partial charge in [-0.2, -0.15) is 0 Å². The molecule has 1 aliphatic heterocycles. The van der Waals surface area contributed by atoms with Crippen molar-refractivity contribution in [1.29, 1.82) is 0 Å². The van der Waals surface area contributed by atoms with Crippen LogP contribution in [0.25, 0.3) is 10.8 Å². The van der Waals surface area contributed by atoms with E-state index < -0.39 is 0 Å². The van der Waals surface area contributed by atoms with Crippen LogP contribution in [0.1, 0.15) is 35.2 Å². The van der Waals surface area contributed by atoms with Gasteiger partial charge < -0.3 is 14.5 Å². The van der Waals surface area contributed by atoms with E-state index >= 15 is 0 Å². The molecule has 1 saturated carbocycles. The minimum absolute atomic E-state index is 0.0223. The lowest BCUT2D eigenvalue weighted by atomic mass is 10.0. The predicted molar refractivity (Wildman–Crippen MR) is 125 cm³/mol. The quantitative estimate of drug-likeness (QED) is 0.608. The third-order valence-electron chi connectivity index (χ3n) is 6.62. The molecule has 2 amide bonds. The van der Waals surface area contributed by atoms with E-state index in [9.17, 15) is 9.59 Å². The van der Waals surface area contributed by atoms with Crippen molar-refractivity contribution in [3.63, 3.8) is 0 Å². The number of rotatable bonds is 5. The Kier molecular flexibility index (Phi) is 5.56. The van der Waals surface area contributed by atoms with Crippen LogP contribution in [0.15, 0.2) is 66.7 Å². The number of piperazine rings is 1. The number of fused-ring (bicyclic) bond motifs is 1. The Morgan fingerprint density at radius 3 is 2.31 bits per heavy atom. The van der Waals surface area contributed by atoms with E-state index in [1.807, 2.05) is 71.3 Å². The van der Waals surface area contributed by atoms with Crippen LogP contribution in [0.3, 0.4) is 0 Å². The molecule has 0 radical (unpaired) electrons. The van der Waals surface area contributed by atoms with Crippen molar-refractivity contribution >= 4 is 22.6 Å². The Hall–Kier alpha value is -3.34. The Labute approximate surface area is 188 Å². The summed E-state index contributed by atoms with van der Waals surface area (Å²) in [5.74, 6) is 1.26. The van der Waals surface area contributed by atoms with E-state index in [-0.39, 0.29) is 17.7 Å². The van der Waals surface area contributed by atoms with Gasteiger partial charge in [-0.3, -0.25) is 9.59 Å².